The lowest BCUT2D eigenvalue weighted by atomic mass is 10.2. The number of thioether (sulfide) groups is 1. The van der Waals surface area contributed by atoms with Crippen molar-refractivity contribution < 1.29 is 18.7 Å². The molecule has 0 radical (unpaired) electrons. The van der Waals surface area contributed by atoms with E-state index in [2.05, 4.69) is 21.2 Å². The topological polar surface area (TPSA) is 55.4 Å². The maximum absolute atomic E-state index is 12.9. The number of imide groups is 1. The van der Waals surface area contributed by atoms with Crippen LogP contribution in [-0.2, 0) is 11.4 Å². The molecule has 0 atom stereocenters. The highest BCUT2D eigenvalue weighted by Gasteiger charge is 2.24. The van der Waals surface area contributed by atoms with E-state index in [1.807, 2.05) is 0 Å². The van der Waals surface area contributed by atoms with Gasteiger partial charge in [0.15, 0.2) is 0 Å². The fourth-order valence-corrected chi connectivity index (χ4v) is 3.23. The maximum Gasteiger partial charge on any atom is 0.290 e. The van der Waals surface area contributed by atoms with Crippen LogP contribution in [0.2, 0.25) is 0 Å². The van der Waals surface area contributed by atoms with Crippen molar-refractivity contribution in [3.63, 3.8) is 0 Å². The highest BCUT2D eigenvalue weighted by Crippen LogP contribution is 2.30. The Labute approximate surface area is 150 Å². The third-order valence-electron chi connectivity index (χ3n) is 3.20. The number of hydrogen-bond acceptors (Lipinski definition) is 4. The molecule has 7 heteroatoms. The second-order valence-electron chi connectivity index (χ2n) is 4.96. The van der Waals surface area contributed by atoms with Gasteiger partial charge >= 0.3 is 0 Å². The first-order valence-corrected chi connectivity index (χ1v) is 8.54. The van der Waals surface area contributed by atoms with E-state index in [0.717, 1.165) is 22.9 Å². The van der Waals surface area contributed by atoms with E-state index in [1.54, 1.807) is 36.4 Å². The Bertz CT molecular complexity index is 836. The van der Waals surface area contributed by atoms with Gasteiger partial charge in [-0.05, 0) is 69.2 Å². The number of amides is 2. The van der Waals surface area contributed by atoms with Crippen LogP contribution in [0.15, 0.2) is 51.8 Å². The molecule has 0 saturated carbocycles. The zero-order chi connectivity index (χ0) is 17.1. The summed E-state index contributed by atoms with van der Waals surface area (Å²) in [5.74, 6) is -0.0524. The standard InChI is InChI=1S/C17H11BrFNO3S/c18-13-7-11(8-15-16(21)20-17(22)24-15)3-6-14(13)23-9-10-1-4-12(19)5-2-10/h1-8H,9H2,(H,20,21,22)/b15-8-. The van der Waals surface area contributed by atoms with Gasteiger partial charge in [-0.2, -0.15) is 0 Å². The van der Waals surface area contributed by atoms with Crippen molar-refractivity contribution in [2.75, 3.05) is 0 Å². The van der Waals surface area contributed by atoms with Crippen LogP contribution in [0.4, 0.5) is 9.18 Å². The fourth-order valence-electron chi connectivity index (χ4n) is 2.04. The molecule has 1 saturated heterocycles. The second-order valence-corrected chi connectivity index (χ2v) is 6.83. The summed E-state index contributed by atoms with van der Waals surface area (Å²) in [6.45, 7) is 0.312. The molecule has 0 aromatic heterocycles. The number of hydrogen-bond donors (Lipinski definition) is 1. The van der Waals surface area contributed by atoms with Crippen LogP contribution >= 0.6 is 27.7 Å². The highest BCUT2D eigenvalue weighted by atomic mass is 79.9. The molecule has 2 aromatic carbocycles. The Morgan fingerprint density at radius 3 is 2.54 bits per heavy atom. The normalized spacial score (nSPS) is 15.7. The monoisotopic (exact) mass is 407 g/mol. The van der Waals surface area contributed by atoms with Crippen LogP contribution in [-0.4, -0.2) is 11.1 Å². The Balaban J connectivity index is 1.70. The minimum absolute atomic E-state index is 0.287. The Morgan fingerprint density at radius 1 is 1.17 bits per heavy atom. The van der Waals surface area contributed by atoms with Crippen LogP contribution in [0, 0.1) is 5.82 Å². The Morgan fingerprint density at radius 2 is 1.92 bits per heavy atom. The minimum Gasteiger partial charge on any atom is -0.488 e. The summed E-state index contributed by atoms with van der Waals surface area (Å²) >= 11 is 4.29. The van der Waals surface area contributed by atoms with E-state index in [1.165, 1.54) is 12.1 Å². The van der Waals surface area contributed by atoms with Crippen LogP contribution in [0.3, 0.4) is 0 Å². The highest BCUT2D eigenvalue weighted by molar-refractivity contribution is 9.10. The minimum atomic E-state index is -0.391. The van der Waals surface area contributed by atoms with Gasteiger partial charge in [-0.25, -0.2) is 4.39 Å². The van der Waals surface area contributed by atoms with Gasteiger partial charge < -0.3 is 4.74 Å². The molecule has 1 aliphatic heterocycles. The van der Waals surface area contributed by atoms with Crippen LogP contribution in [0.1, 0.15) is 11.1 Å². The molecular formula is C17H11BrFNO3S. The molecule has 1 fully saturated rings. The fraction of sp³-hybridized carbons (Fsp3) is 0.0588. The number of carbonyl (C=O) groups excluding carboxylic acids is 2. The Hall–Kier alpha value is -2.12. The summed E-state index contributed by atoms with van der Waals surface area (Å²) in [5.41, 5.74) is 1.62. The third-order valence-corrected chi connectivity index (χ3v) is 4.63. The molecule has 4 nitrogen and oxygen atoms in total. The lowest BCUT2D eigenvalue weighted by molar-refractivity contribution is -0.115. The van der Waals surface area contributed by atoms with E-state index >= 15 is 0 Å². The van der Waals surface area contributed by atoms with Gasteiger partial charge in [-0.15, -0.1) is 0 Å². The number of nitrogens with one attached hydrogen (secondary N) is 1. The van der Waals surface area contributed by atoms with Gasteiger partial charge in [-0.1, -0.05) is 18.2 Å². The van der Waals surface area contributed by atoms with E-state index < -0.39 is 5.91 Å². The number of carbonyl (C=O) groups is 2. The molecule has 1 heterocycles. The summed E-state index contributed by atoms with van der Waals surface area (Å²) < 4.78 is 19.3. The van der Waals surface area contributed by atoms with Crippen molar-refractivity contribution in [2.45, 2.75) is 6.61 Å². The van der Waals surface area contributed by atoms with Crippen molar-refractivity contribution in [1.29, 1.82) is 0 Å². The molecule has 0 spiro atoms. The summed E-state index contributed by atoms with van der Waals surface area (Å²) in [4.78, 5) is 23.0. The van der Waals surface area contributed by atoms with E-state index in [4.69, 9.17) is 4.74 Å². The summed E-state index contributed by atoms with van der Waals surface area (Å²) in [7, 11) is 0. The first kappa shape index (κ1) is 16.7. The molecule has 0 bridgehead atoms. The predicted octanol–water partition coefficient (Wildman–Crippen LogP) is 4.49. The number of ether oxygens (including phenoxy) is 1. The first-order chi connectivity index (χ1) is 11.5. The van der Waals surface area contributed by atoms with Gasteiger partial charge in [0.05, 0.1) is 9.38 Å². The molecule has 1 aliphatic rings. The molecule has 0 unspecified atom stereocenters. The van der Waals surface area contributed by atoms with Crippen molar-refractivity contribution in [2.24, 2.45) is 0 Å². The molecule has 0 aliphatic carbocycles. The quantitative estimate of drug-likeness (QED) is 0.758. The smallest absolute Gasteiger partial charge is 0.290 e. The number of benzene rings is 2. The van der Waals surface area contributed by atoms with E-state index in [0.29, 0.717) is 21.7 Å². The largest absolute Gasteiger partial charge is 0.488 e. The molecule has 24 heavy (non-hydrogen) atoms. The summed E-state index contributed by atoms with van der Waals surface area (Å²) in [5, 5.41) is 1.84. The lowest BCUT2D eigenvalue weighted by Gasteiger charge is -2.09. The average Bonchev–Trinajstić information content (AvgIpc) is 2.86. The molecular weight excluding hydrogens is 397 g/mol. The van der Waals surface area contributed by atoms with Crippen molar-refractivity contribution in [1.82, 2.24) is 5.32 Å². The zero-order valence-electron chi connectivity index (χ0n) is 12.2. The summed E-state index contributed by atoms with van der Waals surface area (Å²) in [6.07, 6.45) is 1.64. The van der Waals surface area contributed by atoms with Gasteiger partial charge in [0.2, 0.25) is 0 Å². The SMILES string of the molecule is O=C1NC(=O)/C(=C/c2ccc(OCc3ccc(F)cc3)c(Br)c2)S1. The predicted molar refractivity (Wildman–Crippen MR) is 94.0 cm³/mol. The van der Waals surface area contributed by atoms with Gasteiger partial charge in [0.25, 0.3) is 11.1 Å². The third kappa shape index (κ3) is 4.04. The van der Waals surface area contributed by atoms with E-state index in [9.17, 15) is 14.0 Å². The van der Waals surface area contributed by atoms with E-state index in [-0.39, 0.29) is 11.1 Å². The van der Waals surface area contributed by atoms with Gasteiger partial charge in [-0.3, -0.25) is 14.9 Å². The van der Waals surface area contributed by atoms with Crippen molar-refractivity contribution in [3.05, 3.63) is 68.8 Å². The molecule has 2 amide bonds. The second kappa shape index (κ2) is 7.19. The molecule has 122 valence electrons. The number of halogens is 2. The maximum atomic E-state index is 12.9. The molecule has 3 rings (SSSR count). The van der Waals surface area contributed by atoms with Crippen LogP contribution < -0.4 is 10.1 Å². The summed E-state index contributed by atoms with van der Waals surface area (Å²) in [6, 6.07) is 11.4. The molecule has 1 N–H and O–H groups in total. The first-order valence-electron chi connectivity index (χ1n) is 6.93. The van der Waals surface area contributed by atoms with Crippen LogP contribution in [0.25, 0.3) is 6.08 Å². The van der Waals surface area contributed by atoms with Crippen LogP contribution in [0.5, 0.6) is 5.75 Å². The average molecular weight is 408 g/mol. The Kier molecular flexibility index (Phi) is 5.01. The molecule has 2 aromatic rings. The van der Waals surface area contributed by atoms with Crippen molar-refractivity contribution in [3.8, 4) is 5.75 Å². The number of rotatable bonds is 4. The lowest BCUT2D eigenvalue weighted by Crippen LogP contribution is -2.17. The van der Waals surface area contributed by atoms with Gasteiger partial charge in [0, 0.05) is 0 Å². The van der Waals surface area contributed by atoms with Crippen molar-refractivity contribution >= 4 is 44.9 Å². The zero-order valence-corrected chi connectivity index (χ0v) is 14.6. The van der Waals surface area contributed by atoms with Gasteiger partial charge in [0.1, 0.15) is 18.2 Å².